The molecule has 5 nitrogen and oxygen atoms in total. The van der Waals surface area contributed by atoms with Crippen molar-refractivity contribution in [3.63, 3.8) is 0 Å². The summed E-state index contributed by atoms with van der Waals surface area (Å²) in [6, 6.07) is 12.0. The summed E-state index contributed by atoms with van der Waals surface area (Å²) in [5.74, 6) is 1.54. The number of fused-ring (bicyclic) bond motifs is 2. The Morgan fingerprint density at radius 3 is 2.88 bits per heavy atom. The molecule has 0 fully saturated rings. The zero-order valence-corrected chi connectivity index (χ0v) is 13.7. The molecule has 6 heteroatoms. The van der Waals surface area contributed by atoms with Gasteiger partial charge in [-0.1, -0.05) is 6.07 Å². The zero-order valence-electron chi connectivity index (χ0n) is 12.9. The van der Waals surface area contributed by atoms with Crippen LogP contribution in [0.2, 0.25) is 0 Å². The molecule has 1 aliphatic heterocycles. The van der Waals surface area contributed by atoms with Gasteiger partial charge in [-0.2, -0.15) is 0 Å². The smallest absolute Gasteiger partial charge is 0.231 e. The van der Waals surface area contributed by atoms with Crippen LogP contribution >= 0.6 is 11.3 Å². The van der Waals surface area contributed by atoms with Crippen LogP contribution in [-0.2, 0) is 0 Å². The van der Waals surface area contributed by atoms with Crippen LogP contribution in [0.25, 0.3) is 27.6 Å². The van der Waals surface area contributed by atoms with Gasteiger partial charge in [-0.15, -0.1) is 11.3 Å². The number of imidazole rings is 1. The number of aryl methyl sites for hydroxylation is 1. The third-order valence-corrected chi connectivity index (χ3v) is 4.96. The quantitative estimate of drug-likeness (QED) is 0.552. The van der Waals surface area contributed by atoms with Gasteiger partial charge in [0.15, 0.2) is 11.5 Å². The number of hydrogen-bond donors (Lipinski definition) is 0. The topological polar surface area (TPSA) is 48.7 Å². The number of hydrogen-bond acceptors (Lipinski definition) is 5. The maximum atomic E-state index is 5.53. The van der Waals surface area contributed by atoms with Crippen molar-refractivity contribution in [2.24, 2.45) is 0 Å². The van der Waals surface area contributed by atoms with Crippen molar-refractivity contribution in [3.8, 4) is 33.5 Å². The fourth-order valence-corrected chi connectivity index (χ4v) is 3.71. The predicted octanol–water partition coefficient (Wildman–Crippen LogP) is 4.16. The molecule has 0 aliphatic carbocycles. The summed E-state index contributed by atoms with van der Waals surface area (Å²) < 4.78 is 13.0. The first kappa shape index (κ1) is 13.6. The molecular formula is C18H13N3O2S. The molecule has 118 valence electrons. The van der Waals surface area contributed by atoms with E-state index in [0.717, 1.165) is 44.8 Å². The van der Waals surface area contributed by atoms with Gasteiger partial charge in [0.05, 0.1) is 5.69 Å². The summed E-state index contributed by atoms with van der Waals surface area (Å²) in [6.45, 7) is 2.26. The molecule has 4 aromatic rings. The molecule has 0 saturated carbocycles. The van der Waals surface area contributed by atoms with E-state index < -0.39 is 0 Å². The lowest BCUT2D eigenvalue weighted by Crippen LogP contribution is -1.93. The van der Waals surface area contributed by atoms with Crippen LogP contribution in [0.5, 0.6) is 11.5 Å². The van der Waals surface area contributed by atoms with Crippen molar-refractivity contribution >= 4 is 17.0 Å². The minimum absolute atomic E-state index is 0.268. The van der Waals surface area contributed by atoms with Gasteiger partial charge < -0.3 is 9.47 Å². The fraction of sp³-hybridized carbons (Fsp3) is 0.111. The van der Waals surface area contributed by atoms with E-state index in [1.807, 2.05) is 54.9 Å². The van der Waals surface area contributed by atoms with E-state index in [1.165, 1.54) is 0 Å². The highest BCUT2D eigenvalue weighted by molar-refractivity contribution is 7.13. The number of rotatable bonds is 2. The summed E-state index contributed by atoms with van der Waals surface area (Å²) in [7, 11) is 0. The van der Waals surface area contributed by atoms with Crippen molar-refractivity contribution < 1.29 is 9.47 Å². The van der Waals surface area contributed by atoms with Gasteiger partial charge in [0.2, 0.25) is 6.79 Å². The second-order valence-corrected chi connectivity index (χ2v) is 6.46. The molecule has 0 atom stereocenters. The van der Waals surface area contributed by atoms with Crippen LogP contribution in [-0.4, -0.2) is 21.2 Å². The Morgan fingerprint density at radius 2 is 2.00 bits per heavy atom. The lowest BCUT2D eigenvalue weighted by molar-refractivity contribution is 0.174. The summed E-state index contributed by atoms with van der Waals surface area (Å²) in [5.41, 5.74) is 4.83. The van der Waals surface area contributed by atoms with Crippen LogP contribution in [0.1, 0.15) is 5.69 Å². The standard InChI is InChI=1S/C18H13N3O2S/c1-11-9-24-18(19-11)16-17(21-7-3-2-4-15(21)20-16)12-5-6-13-14(8-12)23-10-22-13/h2-9H,10H2,1H3. The number of pyridine rings is 1. The van der Waals surface area contributed by atoms with Crippen molar-refractivity contribution in [2.75, 3.05) is 6.79 Å². The van der Waals surface area contributed by atoms with Crippen LogP contribution in [0.3, 0.4) is 0 Å². The number of aromatic nitrogens is 3. The Kier molecular flexibility index (Phi) is 2.87. The molecule has 5 rings (SSSR count). The number of ether oxygens (including phenoxy) is 2. The van der Waals surface area contributed by atoms with Crippen LogP contribution in [0.15, 0.2) is 48.0 Å². The van der Waals surface area contributed by atoms with E-state index >= 15 is 0 Å². The molecule has 3 aromatic heterocycles. The molecule has 0 bridgehead atoms. The number of nitrogens with zero attached hydrogens (tertiary/aromatic N) is 3. The van der Waals surface area contributed by atoms with Crippen molar-refractivity contribution in [1.29, 1.82) is 0 Å². The van der Waals surface area contributed by atoms with E-state index in [1.54, 1.807) is 11.3 Å². The highest BCUT2D eigenvalue weighted by atomic mass is 32.1. The van der Waals surface area contributed by atoms with Gasteiger partial charge in [-0.25, -0.2) is 9.97 Å². The number of benzene rings is 1. The highest BCUT2D eigenvalue weighted by Crippen LogP contribution is 2.39. The van der Waals surface area contributed by atoms with E-state index in [0.29, 0.717) is 0 Å². The van der Waals surface area contributed by atoms with Gasteiger partial charge in [0.1, 0.15) is 16.3 Å². The normalized spacial score (nSPS) is 12.9. The van der Waals surface area contributed by atoms with Gasteiger partial charge in [0, 0.05) is 22.8 Å². The first-order valence-corrected chi connectivity index (χ1v) is 8.47. The Hall–Kier alpha value is -2.86. The highest BCUT2D eigenvalue weighted by Gasteiger charge is 2.21. The summed E-state index contributed by atoms with van der Waals surface area (Å²) >= 11 is 1.61. The maximum Gasteiger partial charge on any atom is 0.231 e. The van der Waals surface area contributed by atoms with Gasteiger partial charge in [-0.05, 0) is 37.3 Å². The lowest BCUT2D eigenvalue weighted by Gasteiger charge is -2.05. The maximum absolute atomic E-state index is 5.53. The Balaban J connectivity index is 1.80. The molecule has 0 amide bonds. The fourth-order valence-electron chi connectivity index (χ4n) is 2.93. The third kappa shape index (κ3) is 2.00. The Morgan fingerprint density at radius 1 is 1.08 bits per heavy atom. The molecule has 1 aromatic carbocycles. The van der Waals surface area contributed by atoms with Crippen molar-refractivity contribution in [2.45, 2.75) is 6.92 Å². The Labute approximate surface area is 142 Å². The molecule has 0 spiro atoms. The molecule has 24 heavy (non-hydrogen) atoms. The average Bonchev–Trinajstić information content (AvgIpc) is 3.31. The van der Waals surface area contributed by atoms with Gasteiger partial charge >= 0.3 is 0 Å². The van der Waals surface area contributed by atoms with Crippen LogP contribution in [0, 0.1) is 6.92 Å². The van der Waals surface area contributed by atoms with Crippen molar-refractivity contribution in [3.05, 3.63) is 53.7 Å². The molecule has 0 unspecified atom stereocenters. The Bertz CT molecular complexity index is 1070. The predicted molar refractivity (Wildman–Crippen MR) is 92.6 cm³/mol. The first-order valence-electron chi connectivity index (χ1n) is 7.59. The van der Waals surface area contributed by atoms with Gasteiger partial charge in [0.25, 0.3) is 0 Å². The molecule has 0 saturated heterocycles. The zero-order chi connectivity index (χ0) is 16.1. The van der Waals surface area contributed by atoms with Crippen molar-refractivity contribution in [1.82, 2.24) is 14.4 Å². The summed E-state index contributed by atoms with van der Waals surface area (Å²) in [6.07, 6.45) is 2.02. The second kappa shape index (κ2) is 5.07. The monoisotopic (exact) mass is 335 g/mol. The molecule has 0 radical (unpaired) electrons. The van der Waals surface area contributed by atoms with E-state index in [4.69, 9.17) is 14.5 Å². The summed E-state index contributed by atoms with van der Waals surface area (Å²) in [5, 5.41) is 2.96. The first-order chi connectivity index (χ1) is 11.8. The molecule has 4 heterocycles. The minimum Gasteiger partial charge on any atom is -0.454 e. The molecular weight excluding hydrogens is 322 g/mol. The third-order valence-electron chi connectivity index (χ3n) is 4.00. The molecule has 1 aliphatic rings. The van der Waals surface area contributed by atoms with E-state index in [-0.39, 0.29) is 6.79 Å². The van der Waals surface area contributed by atoms with Crippen LogP contribution in [0.4, 0.5) is 0 Å². The van der Waals surface area contributed by atoms with E-state index in [2.05, 4.69) is 9.38 Å². The number of thiazole rings is 1. The molecule has 0 N–H and O–H groups in total. The second-order valence-electron chi connectivity index (χ2n) is 5.60. The summed E-state index contributed by atoms with van der Waals surface area (Å²) in [4.78, 5) is 9.43. The van der Waals surface area contributed by atoms with E-state index in [9.17, 15) is 0 Å². The van der Waals surface area contributed by atoms with Crippen LogP contribution < -0.4 is 9.47 Å². The average molecular weight is 335 g/mol. The SMILES string of the molecule is Cc1csc(-c2nc3ccccn3c2-c2ccc3c(c2)OCO3)n1. The van der Waals surface area contributed by atoms with Gasteiger partial charge in [-0.3, -0.25) is 4.40 Å². The lowest BCUT2D eigenvalue weighted by atomic mass is 10.1. The largest absolute Gasteiger partial charge is 0.454 e. The minimum atomic E-state index is 0.268.